The second-order valence-corrected chi connectivity index (χ2v) is 15.5. The molecule has 11 nitrogen and oxygen atoms in total. The van der Waals surface area contributed by atoms with Crippen LogP contribution in [0.15, 0.2) is 53.7 Å². The number of carbonyl (C=O) groups is 2. The van der Waals surface area contributed by atoms with Crippen LogP contribution in [-0.4, -0.2) is 87.4 Å². The van der Waals surface area contributed by atoms with Gasteiger partial charge in [0.2, 0.25) is 11.8 Å². The number of fused-ring (bicyclic) bond motifs is 2. The zero-order valence-corrected chi connectivity index (χ0v) is 32.6. The lowest BCUT2D eigenvalue weighted by Gasteiger charge is -2.24. The number of hydrogen-bond acceptors (Lipinski definition) is 8. The van der Waals surface area contributed by atoms with Crippen molar-refractivity contribution in [3.63, 3.8) is 0 Å². The number of likely N-dealkylation sites (N-methyl/N-ethyl adjacent to an activating group) is 1. The lowest BCUT2D eigenvalue weighted by molar-refractivity contribution is -0.121. The number of pyridine rings is 1. The topological polar surface area (TPSA) is 148 Å². The van der Waals surface area contributed by atoms with Crippen molar-refractivity contribution in [2.45, 2.75) is 50.7 Å². The Bertz CT molecular complexity index is 2400. The Morgan fingerprint density at radius 3 is 2.41 bits per heavy atom. The van der Waals surface area contributed by atoms with Crippen LogP contribution in [0.1, 0.15) is 43.3 Å². The van der Waals surface area contributed by atoms with E-state index in [1.54, 1.807) is 44.2 Å². The Hall–Kier alpha value is -5.44. The van der Waals surface area contributed by atoms with Gasteiger partial charge in [0.05, 0.1) is 46.4 Å². The summed E-state index contributed by atoms with van der Waals surface area (Å²) in [5.41, 5.74) is -2.70. The molecule has 2 heterocycles. The van der Waals surface area contributed by atoms with Crippen LogP contribution in [0.3, 0.4) is 0 Å². The molecule has 5 N–H and O–H groups in total. The number of nitrogens with one attached hydrogen (secondary N) is 4. The Morgan fingerprint density at radius 1 is 1.10 bits per heavy atom. The molecular formula is C40H39ClF6N8O3. The first-order chi connectivity index (χ1) is 27.1. The third-order valence-corrected chi connectivity index (χ3v) is 9.87. The molecule has 6 rings (SSSR count). The first-order valence-corrected chi connectivity index (χ1v) is 18.4. The van der Waals surface area contributed by atoms with Crippen LogP contribution < -0.4 is 16.0 Å². The number of hydrogen-bond donors (Lipinski definition) is 5. The number of rotatable bonds is 13. The summed E-state index contributed by atoms with van der Waals surface area (Å²) in [4.78, 5) is 32.9. The second-order valence-electron chi connectivity index (χ2n) is 15.0. The lowest BCUT2D eigenvalue weighted by Crippen LogP contribution is -2.41. The average molecular weight is 829 g/mol. The van der Waals surface area contributed by atoms with Gasteiger partial charge in [-0.3, -0.25) is 19.7 Å². The third-order valence-electron chi connectivity index (χ3n) is 9.56. The zero-order chi connectivity index (χ0) is 42.4. The van der Waals surface area contributed by atoms with E-state index in [0.717, 1.165) is 12.1 Å². The van der Waals surface area contributed by atoms with Gasteiger partial charge in [-0.25, -0.2) is 22.5 Å². The molecule has 18 heteroatoms. The van der Waals surface area contributed by atoms with E-state index in [2.05, 4.69) is 32.9 Å². The molecule has 0 aliphatic heterocycles. The summed E-state index contributed by atoms with van der Waals surface area (Å²) in [5.74, 6) is -3.34. The zero-order valence-electron chi connectivity index (χ0n) is 31.9. The van der Waals surface area contributed by atoms with Gasteiger partial charge in [-0.1, -0.05) is 23.6 Å². The predicted molar refractivity (Wildman–Crippen MR) is 206 cm³/mol. The van der Waals surface area contributed by atoms with Gasteiger partial charge in [0.15, 0.2) is 5.82 Å². The van der Waals surface area contributed by atoms with Gasteiger partial charge in [0, 0.05) is 35.7 Å². The fraction of sp³-hybridized carbons (Fsp3) is 0.375. The first-order valence-electron chi connectivity index (χ1n) is 18.0. The Labute approximate surface area is 334 Å². The maximum Gasteiger partial charge on any atom is 0.290 e. The molecule has 0 bridgehead atoms. The quantitative estimate of drug-likeness (QED) is 0.0631. The molecule has 0 saturated heterocycles. The SMILES string of the molecule is CN(C)CC(=O)Nc1nn(C)c2c(-c3ccc(C#CC(C)(C)O)nc3[C@H](Cc3cc(F)cc(F)c3)NC(=O)CNC3=C(C(=N)C(F)F)[C@H]4C[C@H]4C3(F)F)ccc(Cl)c12. The molecule has 3 atom stereocenters. The van der Waals surface area contributed by atoms with Crippen molar-refractivity contribution in [1.29, 1.82) is 5.41 Å². The van der Waals surface area contributed by atoms with E-state index in [4.69, 9.17) is 22.0 Å². The number of aromatic nitrogens is 3. The van der Waals surface area contributed by atoms with Crippen molar-refractivity contribution in [2.75, 3.05) is 32.5 Å². The second kappa shape index (κ2) is 16.1. The third kappa shape index (κ3) is 8.99. The molecule has 2 amide bonds. The van der Waals surface area contributed by atoms with Gasteiger partial charge in [-0.05, 0) is 88.5 Å². The minimum absolute atomic E-state index is 0.0413. The molecule has 1 saturated carbocycles. The fourth-order valence-corrected chi connectivity index (χ4v) is 7.36. The largest absolute Gasteiger partial charge is 0.378 e. The number of aliphatic hydroxyl groups is 1. The van der Waals surface area contributed by atoms with Gasteiger partial charge in [-0.15, -0.1) is 0 Å². The Balaban J connectivity index is 1.47. The number of benzene rings is 2. The highest BCUT2D eigenvalue weighted by molar-refractivity contribution is 6.37. The number of anilines is 1. The molecule has 2 aliphatic carbocycles. The highest BCUT2D eigenvalue weighted by Crippen LogP contribution is 2.62. The molecule has 58 heavy (non-hydrogen) atoms. The summed E-state index contributed by atoms with van der Waals surface area (Å²) < 4.78 is 88.2. The maximum atomic E-state index is 15.3. The highest BCUT2D eigenvalue weighted by Gasteiger charge is 2.66. The summed E-state index contributed by atoms with van der Waals surface area (Å²) in [5, 5.41) is 31.0. The minimum atomic E-state index is -3.59. The lowest BCUT2D eigenvalue weighted by atomic mass is 9.93. The van der Waals surface area contributed by atoms with Crippen LogP contribution in [0.5, 0.6) is 0 Å². The average Bonchev–Trinajstić information content (AvgIpc) is 3.80. The van der Waals surface area contributed by atoms with E-state index in [9.17, 15) is 32.3 Å². The van der Waals surface area contributed by atoms with E-state index in [1.165, 1.54) is 24.6 Å². The van der Waals surface area contributed by atoms with Crippen LogP contribution in [0, 0.1) is 40.7 Å². The van der Waals surface area contributed by atoms with Crippen LogP contribution in [0.4, 0.5) is 32.2 Å². The molecule has 0 unspecified atom stereocenters. The smallest absolute Gasteiger partial charge is 0.290 e. The number of aryl methyl sites for hydroxylation is 1. The van der Waals surface area contributed by atoms with Crippen molar-refractivity contribution in [3.05, 3.63) is 87.3 Å². The molecule has 1 fully saturated rings. The van der Waals surface area contributed by atoms with E-state index in [1.807, 2.05) is 0 Å². The fourth-order valence-electron chi connectivity index (χ4n) is 7.12. The summed E-state index contributed by atoms with van der Waals surface area (Å²) in [6.45, 7) is 2.09. The summed E-state index contributed by atoms with van der Waals surface area (Å²) in [6, 6.07) is 7.83. The van der Waals surface area contributed by atoms with Gasteiger partial charge in [-0.2, -0.15) is 13.9 Å². The molecule has 0 spiro atoms. The molecule has 306 valence electrons. The van der Waals surface area contributed by atoms with E-state index >= 15 is 8.78 Å². The van der Waals surface area contributed by atoms with E-state index < -0.39 is 76.9 Å². The molecule has 2 aliphatic rings. The van der Waals surface area contributed by atoms with Crippen molar-refractivity contribution < 1.29 is 41.0 Å². The van der Waals surface area contributed by atoms with Crippen molar-refractivity contribution in [2.24, 2.45) is 18.9 Å². The van der Waals surface area contributed by atoms with Gasteiger partial charge >= 0.3 is 0 Å². The van der Waals surface area contributed by atoms with Gasteiger partial charge in [0.25, 0.3) is 12.3 Å². The van der Waals surface area contributed by atoms with Crippen LogP contribution in [-0.2, 0) is 23.1 Å². The summed E-state index contributed by atoms with van der Waals surface area (Å²) in [7, 11) is 5.05. The highest BCUT2D eigenvalue weighted by atomic mass is 35.5. The molecule has 2 aromatic heterocycles. The van der Waals surface area contributed by atoms with Gasteiger partial charge < -0.3 is 26.0 Å². The summed E-state index contributed by atoms with van der Waals surface area (Å²) >= 11 is 6.69. The number of alkyl halides is 4. The van der Waals surface area contributed by atoms with Crippen molar-refractivity contribution in [1.82, 2.24) is 30.3 Å². The number of halogens is 7. The monoisotopic (exact) mass is 828 g/mol. The number of nitrogens with zero attached hydrogens (tertiary/aromatic N) is 4. The van der Waals surface area contributed by atoms with Crippen molar-refractivity contribution in [3.8, 4) is 23.0 Å². The predicted octanol–water partition coefficient (Wildman–Crippen LogP) is 6.00. The van der Waals surface area contributed by atoms with Crippen molar-refractivity contribution >= 4 is 45.8 Å². The normalized spacial score (nSPS) is 17.6. The van der Waals surface area contributed by atoms with E-state index in [-0.39, 0.29) is 53.1 Å². The van der Waals surface area contributed by atoms with Gasteiger partial charge in [0.1, 0.15) is 28.6 Å². The number of amides is 2. The molecule has 2 aromatic carbocycles. The Kier molecular flexibility index (Phi) is 11.7. The van der Waals surface area contributed by atoms with E-state index in [0.29, 0.717) is 28.1 Å². The standard InChI is InChI=1S/C40H39ClF6N8O3/c1-39(2,58)11-10-22-6-7-23(24-8-9-27(41)32-35(24)55(5)53-38(32)52-30(57)18-54(3)4)34(50-22)28(14-19-12-20(42)15-21(43)13-19)51-29(56)17-49-36-31(33(48)37(44)45)25-16-26(25)40(36,46)47/h6-9,12-13,15,25-26,28,37,48-49,58H,14,16-18H2,1-5H3,(H,51,56)(H,52,53,57)/t25-,26+,28-/m0/s1. The Morgan fingerprint density at radius 2 is 1.78 bits per heavy atom. The minimum Gasteiger partial charge on any atom is -0.378 e. The molecule has 0 radical (unpaired) electrons. The van der Waals surface area contributed by atoms with Crippen LogP contribution in [0.25, 0.3) is 22.0 Å². The molecular weight excluding hydrogens is 790 g/mol. The summed E-state index contributed by atoms with van der Waals surface area (Å²) in [6.07, 6.45) is -3.69. The number of carbonyl (C=O) groups excluding carboxylic acids is 2. The molecule has 4 aromatic rings. The van der Waals surface area contributed by atoms with Crippen LogP contribution in [0.2, 0.25) is 5.02 Å². The van der Waals surface area contributed by atoms with Crippen LogP contribution >= 0.6 is 11.6 Å². The maximum absolute atomic E-state index is 15.3. The first kappa shape index (κ1) is 42.2. The number of allylic oxidation sites excluding steroid dienone is 2.